The highest BCUT2D eigenvalue weighted by Crippen LogP contribution is 2.55. The molecule has 2 aliphatic carbocycles. The Morgan fingerprint density at radius 3 is 2.07 bits per heavy atom. The van der Waals surface area contributed by atoms with Gasteiger partial charge in [-0.1, -0.05) is 64.4 Å². The summed E-state index contributed by atoms with van der Waals surface area (Å²) < 4.78 is 13.0. The number of methoxy groups -OCH3 is 1. The first kappa shape index (κ1) is 30.1. The van der Waals surface area contributed by atoms with E-state index in [0.717, 1.165) is 63.0 Å². The van der Waals surface area contributed by atoms with Gasteiger partial charge in [-0.2, -0.15) is 0 Å². The number of ketones is 2. The van der Waals surface area contributed by atoms with Crippen LogP contribution in [0.25, 0.3) is 0 Å². The molecule has 0 amide bonds. The maximum absolute atomic E-state index is 14.0. The summed E-state index contributed by atoms with van der Waals surface area (Å²) in [6.07, 6.45) is 3.49. The maximum atomic E-state index is 14.0. The fraction of sp³-hybridized carbons (Fsp3) is 0.471. The first-order valence-electron chi connectivity index (χ1n) is 14.4. The van der Waals surface area contributed by atoms with Crippen molar-refractivity contribution in [2.24, 2.45) is 10.8 Å². The van der Waals surface area contributed by atoms with E-state index in [2.05, 4.69) is 68.2 Å². The third kappa shape index (κ3) is 5.83. The molecule has 1 aliphatic heterocycles. The highest BCUT2D eigenvalue weighted by Gasteiger charge is 2.49. The van der Waals surface area contributed by atoms with E-state index in [1.807, 2.05) is 30.3 Å². The Hall–Kier alpha value is -2.32. The minimum Gasteiger partial charge on any atom is -0.493 e. The zero-order valence-electron chi connectivity index (χ0n) is 24.8. The Kier molecular flexibility index (Phi) is 8.38. The van der Waals surface area contributed by atoms with E-state index in [-0.39, 0.29) is 22.4 Å². The smallest absolute Gasteiger partial charge is 0.174 e. The minimum atomic E-state index is -0.416. The number of halogens is 2. The van der Waals surface area contributed by atoms with Gasteiger partial charge in [-0.05, 0) is 76.4 Å². The average molecular weight is 688 g/mol. The van der Waals surface area contributed by atoms with E-state index in [1.54, 1.807) is 7.11 Å². The SMILES string of the molecule is CCCN1C2=C(C(=O)CC(C)(C)C2)C(c2cc(I)c(OCc3ccccc3Cl)c(OC)c2)C2=C1CC(C)(C)CC2=O. The molecule has 0 bridgehead atoms. The molecule has 0 unspecified atom stereocenters. The zero-order chi connectivity index (χ0) is 29.7. The summed E-state index contributed by atoms with van der Waals surface area (Å²) in [5, 5.41) is 0.647. The van der Waals surface area contributed by atoms with Gasteiger partial charge in [-0.3, -0.25) is 9.59 Å². The van der Waals surface area contributed by atoms with Crippen molar-refractivity contribution in [1.82, 2.24) is 4.90 Å². The van der Waals surface area contributed by atoms with Gasteiger partial charge in [0, 0.05) is 58.4 Å². The predicted molar refractivity (Wildman–Crippen MR) is 171 cm³/mol. The molecule has 218 valence electrons. The summed E-state index contributed by atoms with van der Waals surface area (Å²) in [7, 11) is 1.62. The van der Waals surface area contributed by atoms with Crippen LogP contribution in [-0.2, 0) is 16.2 Å². The molecule has 5 rings (SSSR count). The molecule has 0 saturated carbocycles. The third-order valence-corrected chi connectivity index (χ3v) is 9.55. The number of nitrogens with zero attached hydrogens (tertiary/aromatic N) is 1. The molecule has 41 heavy (non-hydrogen) atoms. The van der Waals surface area contributed by atoms with Gasteiger partial charge in [-0.25, -0.2) is 0 Å². The maximum Gasteiger partial charge on any atom is 0.174 e. The number of hydrogen-bond donors (Lipinski definition) is 0. The summed E-state index contributed by atoms with van der Waals surface area (Å²) in [6.45, 7) is 11.9. The number of hydrogen-bond acceptors (Lipinski definition) is 5. The van der Waals surface area contributed by atoms with Crippen molar-refractivity contribution in [2.75, 3.05) is 13.7 Å². The van der Waals surface area contributed by atoms with Crippen LogP contribution in [0.15, 0.2) is 58.9 Å². The fourth-order valence-corrected chi connectivity index (χ4v) is 7.66. The lowest BCUT2D eigenvalue weighted by molar-refractivity contribution is -0.119. The Labute approximate surface area is 262 Å². The number of rotatable bonds is 7. The van der Waals surface area contributed by atoms with Crippen LogP contribution in [0.1, 0.15) is 83.8 Å². The van der Waals surface area contributed by atoms with Crippen molar-refractivity contribution in [3.8, 4) is 11.5 Å². The van der Waals surface area contributed by atoms with E-state index in [4.69, 9.17) is 21.1 Å². The molecular formula is C34H39ClINO4. The summed E-state index contributed by atoms with van der Waals surface area (Å²) in [5.74, 6) is 1.06. The second kappa shape index (κ2) is 11.4. The average Bonchev–Trinajstić information content (AvgIpc) is 2.88. The normalized spacial score (nSPS) is 20.2. The van der Waals surface area contributed by atoms with Gasteiger partial charge in [0.05, 0.1) is 10.7 Å². The van der Waals surface area contributed by atoms with Crippen LogP contribution in [-0.4, -0.2) is 30.1 Å². The number of benzene rings is 2. The van der Waals surface area contributed by atoms with Gasteiger partial charge in [0.15, 0.2) is 23.1 Å². The molecule has 5 nitrogen and oxygen atoms in total. The van der Waals surface area contributed by atoms with E-state index in [9.17, 15) is 9.59 Å². The van der Waals surface area contributed by atoms with Crippen LogP contribution in [0.2, 0.25) is 5.02 Å². The Balaban J connectivity index is 1.66. The van der Waals surface area contributed by atoms with Crippen molar-refractivity contribution in [3.05, 3.63) is 78.7 Å². The van der Waals surface area contributed by atoms with E-state index < -0.39 is 5.92 Å². The van der Waals surface area contributed by atoms with Crippen molar-refractivity contribution in [2.45, 2.75) is 79.2 Å². The van der Waals surface area contributed by atoms with Crippen LogP contribution in [0.4, 0.5) is 0 Å². The Bertz CT molecular complexity index is 1420. The number of allylic oxidation sites excluding steroid dienone is 4. The highest BCUT2D eigenvalue weighted by atomic mass is 127. The summed E-state index contributed by atoms with van der Waals surface area (Å²) in [6, 6.07) is 11.6. The first-order valence-corrected chi connectivity index (χ1v) is 15.8. The van der Waals surface area contributed by atoms with Crippen molar-refractivity contribution >= 4 is 45.8 Å². The number of carbonyl (C=O) groups excluding carboxylic acids is 2. The van der Waals surface area contributed by atoms with Gasteiger partial charge < -0.3 is 14.4 Å². The van der Waals surface area contributed by atoms with Crippen LogP contribution >= 0.6 is 34.2 Å². The molecule has 1 heterocycles. The Morgan fingerprint density at radius 1 is 0.951 bits per heavy atom. The summed E-state index contributed by atoms with van der Waals surface area (Å²) in [5.41, 5.74) is 5.26. The molecule has 3 aliphatic rings. The van der Waals surface area contributed by atoms with Gasteiger partial charge in [0.25, 0.3) is 0 Å². The molecule has 2 aromatic rings. The van der Waals surface area contributed by atoms with E-state index >= 15 is 0 Å². The molecule has 7 heteroatoms. The monoisotopic (exact) mass is 687 g/mol. The lowest BCUT2D eigenvalue weighted by atomic mass is 9.63. The molecule has 0 radical (unpaired) electrons. The van der Waals surface area contributed by atoms with Crippen LogP contribution < -0.4 is 9.47 Å². The van der Waals surface area contributed by atoms with E-state index in [1.165, 1.54) is 0 Å². The van der Waals surface area contributed by atoms with Gasteiger partial charge >= 0.3 is 0 Å². The van der Waals surface area contributed by atoms with Gasteiger partial charge in [0.2, 0.25) is 0 Å². The lowest BCUT2D eigenvalue weighted by Crippen LogP contribution is -2.44. The molecule has 0 fully saturated rings. The van der Waals surface area contributed by atoms with Crippen LogP contribution in [0.3, 0.4) is 0 Å². The lowest BCUT2D eigenvalue weighted by Gasteiger charge is -2.49. The van der Waals surface area contributed by atoms with Crippen LogP contribution in [0, 0.1) is 14.4 Å². The quantitative estimate of drug-likeness (QED) is 0.273. The van der Waals surface area contributed by atoms with Gasteiger partial charge in [0.1, 0.15) is 6.61 Å². The minimum absolute atomic E-state index is 0.138. The molecule has 0 N–H and O–H groups in total. The highest BCUT2D eigenvalue weighted by molar-refractivity contribution is 14.1. The van der Waals surface area contributed by atoms with E-state index in [0.29, 0.717) is 36.0 Å². The number of ether oxygens (including phenoxy) is 2. The summed E-state index contributed by atoms with van der Waals surface area (Å²) in [4.78, 5) is 30.3. The largest absolute Gasteiger partial charge is 0.493 e. The molecule has 0 atom stereocenters. The molecule has 0 spiro atoms. The Morgan fingerprint density at radius 2 is 1.54 bits per heavy atom. The zero-order valence-corrected chi connectivity index (χ0v) is 27.7. The molecular weight excluding hydrogens is 649 g/mol. The first-order chi connectivity index (χ1) is 19.4. The van der Waals surface area contributed by atoms with Crippen molar-refractivity contribution in [3.63, 3.8) is 0 Å². The molecule has 2 aromatic carbocycles. The molecule has 0 saturated heterocycles. The number of Topliss-reactive ketones (excluding diaryl/α,β-unsaturated/α-hetero) is 2. The third-order valence-electron chi connectivity index (χ3n) is 8.38. The summed E-state index contributed by atoms with van der Waals surface area (Å²) >= 11 is 8.64. The fourth-order valence-electron chi connectivity index (χ4n) is 6.69. The predicted octanol–water partition coefficient (Wildman–Crippen LogP) is 8.63. The topological polar surface area (TPSA) is 55.8 Å². The van der Waals surface area contributed by atoms with Crippen molar-refractivity contribution in [1.29, 1.82) is 0 Å². The van der Waals surface area contributed by atoms with Crippen LogP contribution in [0.5, 0.6) is 11.5 Å². The second-order valence-corrected chi connectivity index (χ2v) is 14.7. The van der Waals surface area contributed by atoms with Crippen molar-refractivity contribution < 1.29 is 19.1 Å². The molecule has 0 aromatic heterocycles. The second-order valence-electron chi connectivity index (χ2n) is 13.1. The standard InChI is InChI=1S/C34H39ClINO4/c1-7-12-37-24-15-33(2,3)17-26(38)30(24)29(31-25(37)16-34(4,5)18-27(31)39)21-13-23(36)32(28(14-21)40-6)41-19-20-10-8-9-11-22(20)35/h8-11,13-14,29H,7,12,15-19H2,1-6H3. The number of carbonyl (C=O) groups is 2. The van der Waals surface area contributed by atoms with Gasteiger partial charge in [-0.15, -0.1) is 0 Å².